The van der Waals surface area contributed by atoms with E-state index in [9.17, 15) is 9.59 Å². The van der Waals surface area contributed by atoms with E-state index in [0.29, 0.717) is 11.3 Å². The number of carboxylic acids is 1. The molecule has 0 spiro atoms. The summed E-state index contributed by atoms with van der Waals surface area (Å²) in [5.41, 5.74) is 2.12. The second-order valence-corrected chi connectivity index (χ2v) is 6.31. The molecule has 0 saturated carbocycles. The Balaban J connectivity index is 2.10. The summed E-state index contributed by atoms with van der Waals surface area (Å²) >= 11 is 1.85. The third kappa shape index (κ3) is 4.14. The van der Waals surface area contributed by atoms with Crippen molar-refractivity contribution in [3.05, 3.63) is 28.8 Å². The maximum absolute atomic E-state index is 12.2. The zero-order valence-corrected chi connectivity index (χ0v) is 13.0. The molecule has 6 heteroatoms. The Morgan fingerprint density at radius 1 is 1.38 bits per heavy atom. The fourth-order valence-corrected chi connectivity index (χ4v) is 3.51. The number of carbonyl (C=O) groups excluding carboxylic acids is 1. The van der Waals surface area contributed by atoms with Crippen LogP contribution in [0.4, 0.5) is 0 Å². The summed E-state index contributed by atoms with van der Waals surface area (Å²) in [5.74, 6) is 1.48. The molecule has 0 bridgehead atoms. The first-order valence-corrected chi connectivity index (χ1v) is 7.97. The first-order valence-electron chi connectivity index (χ1n) is 6.82. The summed E-state index contributed by atoms with van der Waals surface area (Å²) < 4.78 is 5.26. The second-order valence-electron chi connectivity index (χ2n) is 5.16. The van der Waals surface area contributed by atoms with E-state index in [4.69, 9.17) is 9.84 Å². The van der Waals surface area contributed by atoms with Crippen LogP contribution < -0.4 is 10.1 Å². The summed E-state index contributed by atoms with van der Waals surface area (Å²) in [5, 5.41) is 11.7. The standard InChI is InChI=1S/C15H19NO4S/c1-9-5-11(15(19)16-12-3-4-21-8-12)6-10(2)14(9)20-7-13(17)18/h5-6,12H,3-4,7-8H2,1-2H3,(H,16,19)(H,17,18). The Morgan fingerprint density at radius 2 is 2.05 bits per heavy atom. The molecule has 21 heavy (non-hydrogen) atoms. The molecule has 0 radical (unpaired) electrons. The van der Waals surface area contributed by atoms with Gasteiger partial charge in [0.25, 0.3) is 5.91 Å². The number of benzene rings is 1. The van der Waals surface area contributed by atoms with Crippen LogP contribution in [0.3, 0.4) is 0 Å². The molecule has 1 unspecified atom stereocenters. The van der Waals surface area contributed by atoms with Crippen molar-refractivity contribution in [2.24, 2.45) is 0 Å². The van der Waals surface area contributed by atoms with Gasteiger partial charge in [0.05, 0.1) is 0 Å². The molecule has 2 N–H and O–H groups in total. The lowest BCUT2D eigenvalue weighted by Crippen LogP contribution is -2.34. The van der Waals surface area contributed by atoms with Crippen LogP contribution in [0.1, 0.15) is 27.9 Å². The van der Waals surface area contributed by atoms with Crippen molar-refractivity contribution < 1.29 is 19.4 Å². The predicted octanol–water partition coefficient (Wildman–Crippen LogP) is 2.00. The fraction of sp³-hybridized carbons (Fsp3) is 0.467. The lowest BCUT2D eigenvalue weighted by molar-refractivity contribution is -0.139. The molecule has 114 valence electrons. The molecule has 2 rings (SSSR count). The van der Waals surface area contributed by atoms with E-state index >= 15 is 0 Å². The number of ether oxygens (including phenoxy) is 1. The van der Waals surface area contributed by atoms with E-state index in [-0.39, 0.29) is 18.6 Å². The van der Waals surface area contributed by atoms with Crippen LogP contribution in [-0.4, -0.2) is 41.1 Å². The topological polar surface area (TPSA) is 75.6 Å². The second kappa shape index (κ2) is 6.85. The normalized spacial score (nSPS) is 17.5. The third-order valence-corrected chi connectivity index (χ3v) is 4.49. The summed E-state index contributed by atoms with van der Waals surface area (Å²) in [4.78, 5) is 22.8. The van der Waals surface area contributed by atoms with E-state index in [1.165, 1.54) is 0 Å². The molecule has 1 saturated heterocycles. The SMILES string of the molecule is Cc1cc(C(=O)NC2CCSC2)cc(C)c1OCC(=O)O. The third-order valence-electron chi connectivity index (χ3n) is 3.33. The Hall–Kier alpha value is -1.69. The molecule has 1 aromatic carbocycles. The van der Waals surface area contributed by atoms with Crippen LogP contribution in [-0.2, 0) is 4.79 Å². The van der Waals surface area contributed by atoms with Crippen molar-refractivity contribution in [2.75, 3.05) is 18.1 Å². The number of aryl methyl sites for hydroxylation is 2. The molecule has 1 aromatic rings. The molecular formula is C15H19NO4S. The lowest BCUT2D eigenvalue weighted by Gasteiger charge is -2.15. The first-order chi connectivity index (χ1) is 9.97. The summed E-state index contributed by atoms with van der Waals surface area (Å²) in [7, 11) is 0. The lowest BCUT2D eigenvalue weighted by atomic mass is 10.0. The Labute approximate surface area is 128 Å². The molecule has 0 aromatic heterocycles. The fourth-order valence-electron chi connectivity index (χ4n) is 2.36. The van der Waals surface area contributed by atoms with Gasteiger partial charge in [-0.05, 0) is 49.3 Å². The predicted molar refractivity (Wildman–Crippen MR) is 82.2 cm³/mol. The van der Waals surface area contributed by atoms with Crippen molar-refractivity contribution in [1.82, 2.24) is 5.32 Å². The van der Waals surface area contributed by atoms with Gasteiger partial charge in [-0.1, -0.05) is 0 Å². The van der Waals surface area contributed by atoms with E-state index < -0.39 is 5.97 Å². The average molecular weight is 309 g/mol. The molecule has 1 aliphatic rings. The van der Waals surface area contributed by atoms with E-state index in [0.717, 1.165) is 29.1 Å². The van der Waals surface area contributed by atoms with Crippen LogP contribution >= 0.6 is 11.8 Å². The largest absolute Gasteiger partial charge is 0.481 e. The van der Waals surface area contributed by atoms with E-state index in [1.807, 2.05) is 25.6 Å². The molecule has 5 nitrogen and oxygen atoms in total. The van der Waals surface area contributed by atoms with Gasteiger partial charge in [0.1, 0.15) is 5.75 Å². The highest BCUT2D eigenvalue weighted by Crippen LogP contribution is 2.25. The van der Waals surface area contributed by atoms with Gasteiger partial charge in [0.2, 0.25) is 0 Å². The highest BCUT2D eigenvalue weighted by atomic mass is 32.2. The van der Waals surface area contributed by atoms with Crippen molar-refractivity contribution in [3.63, 3.8) is 0 Å². The average Bonchev–Trinajstić information content (AvgIpc) is 2.90. The minimum Gasteiger partial charge on any atom is -0.481 e. The van der Waals surface area contributed by atoms with Gasteiger partial charge in [-0.3, -0.25) is 4.79 Å². The zero-order valence-electron chi connectivity index (χ0n) is 12.1. The number of nitrogens with one attached hydrogen (secondary N) is 1. The molecule has 1 heterocycles. The van der Waals surface area contributed by atoms with Crippen molar-refractivity contribution in [3.8, 4) is 5.75 Å². The molecule has 1 fully saturated rings. The van der Waals surface area contributed by atoms with Crippen molar-refractivity contribution >= 4 is 23.6 Å². The summed E-state index contributed by atoms with van der Waals surface area (Å²) in [6.07, 6.45) is 1.01. The smallest absolute Gasteiger partial charge is 0.341 e. The maximum atomic E-state index is 12.2. The van der Waals surface area contributed by atoms with Gasteiger partial charge in [0.15, 0.2) is 6.61 Å². The molecular weight excluding hydrogens is 290 g/mol. The quantitative estimate of drug-likeness (QED) is 0.870. The number of carbonyl (C=O) groups is 2. The molecule has 1 amide bonds. The number of carboxylic acid groups (broad SMARTS) is 1. The monoisotopic (exact) mass is 309 g/mol. The van der Waals surface area contributed by atoms with Gasteiger partial charge in [0, 0.05) is 17.4 Å². The summed E-state index contributed by atoms with van der Waals surface area (Å²) in [6, 6.07) is 3.72. The Morgan fingerprint density at radius 3 is 2.57 bits per heavy atom. The zero-order chi connectivity index (χ0) is 15.4. The van der Waals surface area contributed by atoms with Gasteiger partial charge in [-0.2, -0.15) is 11.8 Å². The maximum Gasteiger partial charge on any atom is 0.341 e. The number of thioether (sulfide) groups is 1. The number of amides is 1. The number of rotatable bonds is 5. The van der Waals surface area contributed by atoms with Crippen molar-refractivity contribution in [1.29, 1.82) is 0 Å². The van der Waals surface area contributed by atoms with Crippen LogP contribution in [0.2, 0.25) is 0 Å². The summed E-state index contributed by atoms with van der Waals surface area (Å²) in [6.45, 7) is 3.24. The number of hydrogen-bond donors (Lipinski definition) is 2. The molecule has 0 aliphatic carbocycles. The minimum atomic E-state index is -1.02. The minimum absolute atomic E-state index is 0.0847. The van der Waals surface area contributed by atoms with Gasteiger partial charge >= 0.3 is 5.97 Å². The van der Waals surface area contributed by atoms with Gasteiger partial charge in [-0.15, -0.1) is 0 Å². The Kier molecular flexibility index (Phi) is 5.12. The van der Waals surface area contributed by atoms with Crippen molar-refractivity contribution in [2.45, 2.75) is 26.3 Å². The van der Waals surface area contributed by atoms with Gasteiger partial charge < -0.3 is 15.2 Å². The number of hydrogen-bond acceptors (Lipinski definition) is 4. The molecule has 1 aliphatic heterocycles. The van der Waals surface area contributed by atoms with Crippen LogP contribution in [0.15, 0.2) is 12.1 Å². The Bertz CT molecular complexity index is 530. The molecule has 1 atom stereocenters. The number of aliphatic carboxylic acids is 1. The van der Waals surface area contributed by atoms with Gasteiger partial charge in [-0.25, -0.2) is 4.79 Å². The van der Waals surface area contributed by atoms with E-state index in [2.05, 4.69) is 5.32 Å². The highest BCUT2D eigenvalue weighted by Gasteiger charge is 2.19. The highest BCUT2D eigenvalue weighted by molar-refractivity contribution is 7.99. The van der Waals surface area contributed by atoms with E-state index in [1.54, 1.807) is 12.1 Å². The van der Waals surface area contributed by atoms with Crippen LogP contribution in [0.25, 0.3) is 0 Å². The first kappa shape index (κ1) is 15.7. The van der Waals surface area contributed by atoms with Crippen LogP contribution in [0, 0.1) is 13.8 Å². The van der Waals surface area contributed by atoms with Crippen LogP contribution in [0.5, 0.6) is 5.75 Å².